The molecule has 1 aromatic carbocycles. The highest BCUT2D eigenvalue weighted by atomic mass is 35.5. The topological polar surface area (TPSA) is 84.3 Å². The molecule has 0 atom stereocenters. The average molecular weight is 298 g/mol. The van der Waals surface area contributed by atoms with Crippen LogP contribution < -0.4 is 10.6 Å². The number of nitro benzene ring substituents is 1. The van der Waals surface area contributed by atoms with E-state index < -0.39 is 4.92 Å². The van der Waals surface area contributed by atoms with Crippen LogP contribution in [-0.2, 0) is 4.79 Å². The lowest BCUT2D eigenvalue weighted by molar-refractivity contribution is -0.383. The van der Waals surface area contributed by atoms with Crippen molar-refractivity contribution < 1.29 is 9.72 Å². The first-order chi connectivity index (χ1) is 9.56. The Morgan fingerprint density at radius 2 is 2.15 bits per heavy atom. The number of nitro groups is 1. The van der Waals surface area contributed by atoms with Crippen molar-refractivity contribution in [1.82, 2.24) is 5.32 Å². The van der Waals surface area contributed by atoms with Gasteiger partial charge in [-0.15, -0.1) is 0 Å². The lowest BCUT2D eigenvalue weighted by Crippen LogP contribution is -2.30. The molecule has 0 radical (unpaired) electrons. The Balaban J connectivity index is 2.03. The number of carbonyl (C=O) groups excluding carboxylic acids is 1. The summed E-state index contributed by atoms with van der Waals surface area (Å²) >= 11 is 5.81. The molecule has 20 heavy (non-hydrogen) atoms. The van der Waals surface area contributed by atoms with E-state index in [1.807, 2.05) is 0 Å². The summed E-state index contributed by atoms with van der Waals surface area (Å²) in [4.78, 5) is 22.3. The lowest BCUT2D eigenvalue weighted by atomic mass is 9.94. The minimum atomic E-state index is -0.531. The van der Waals surface area contributed by atoms with Crippen LogP contribution in [0.5, 0.6) is 0 Å². The van der Waals surface area contributed by atoms with Crippen LogP contribution in [0.4, 0.5) is 11.4 Å². The van der Waals surface area contributed by atoms with Crippen LogP contribution in [-0.4, -0.2) is 23.9 Å². The van der Waals surface area contributed by atoms with Gasteiger partial charge in [0.15, 0.2) is 0 Å². The van der Waals surface area contributed by atoms with Crippen LogP contribution in [0.25, 0.3) is 0 Å². The maximum Gasteiger partial charge on any atom is 0.292 e. The summed E-state index contributed by atoms with van der Waals surface area (Å²) in [6.45, 7) is 1.82. The number of hydrogen-bond donors (Lipinski definition) is 2. The Morgan fingerprint density at radius 3 is 2.80 bits per heavy atom. The van der Waals surface area contributed by atoms with Crippen molar-refractivity contribution in [2.45, 2.75) is 19.3 Å². The summed E-state index contributed by atoms with van der Waals surface area (Å²) in [7, 11) is 0. The number of halogens is 1. The number of piperidine rings is 1. The number of nitrogens with one attached hydrogen (secondary N) is 2. The third-order valence-electron chi connectivity index (χ3n) is 3.36. The number of amides is 1. The van der Waals surface area contributed by atoms with Gasteiger partial charge in [-0.2, -0.15) is 0 Å². The van der Waals surface area contributed by atoms with E-state index in [1.54, 1.807) is 0 Å². The zero-order valence-electron chi connectivity index (χ0n) is 10.9. The van der Waals surface area contributed by atoms with Gasteiger partial charge in [0.25, 0.3) is 5.69 Å². The van der Waals surface area contributed by atoms with E-state index in [2.05, 4.69) is 10.6 Å². The smallest absolute Gasteiger partial charge is 0.292 e. The molecule has 2 N–H and O–H groups in total. The van der Waals surface area contributed by atoms with E-state index in [1.165, 1.54) is 18.2 Å². The van der Waals surface area contributed by atoms with Crippen molar-refractivity contribution in [2.75, 3.05) is 18.4 Å². The van der Waals surface area contributed by atoms with Crippen molar-refractivity contribution >= 4 is 28.9 Å². The van der Waals surface area contributed by atoms with Gasteiger partial charge >= 0.3 is 0 Å². The molecule has 1 aliphatic rings. The standard InChI is InChI=1S/C13H16ClN3O3/c14-10-1-2-12(17(19)20)11(8-10)16-13(18)7-9-3-5-15-6-4-9/h1-2,8-9,15H,3-7H2,(H,16,18). The minimum Gasteiger partial charge on any atom is -0.320 e. The SMILES string of the molecule is O=C(CC1CCNCC1)Nc1cc(Cl)ccc1[N+](=O)[O-]. The van der Waals surface area contributed by atoms with Gasteiger partial charge < -0.3 is 10.6 Å². The molecule has 0 bridgehead atoms. The molecule has 1 amide bonds. The van der Waals surface area contributed by atoms with Crippen LogP contribution >= 0.6 is 11.6 Å². The molecular weight excluding hydrogens is 282 g/mol. The second kappa shape index (κ2) is 6.67. The van der Waals surface area contributed by atoms with Crippen molar-refractivity contribution in [3.05, 3.63) is 33.3 Å². The fraction of sp³-hybridized carbons (Fsp3) is 0.462. The first-order valence-corrected chi connectivity index (χ1v) is 6.88. The van der Waals surface area contributed by atoms with Gasteiger partial charge in [-0.3, -0.25) is 14.9 Å². The zero-order valence-corrected chi connectivity index (χ0v) is 11.7. The highest BCUT2D eigenvalue weighted by Crippen LogP contribution is 2.28. The molecule has 1 heterocycles. The predicted molar refractivity (Wildman–Crippen MR) is 76.9 cm³/mol. The van der Waals surface area contributed by atoms with Crippen molar-refractivity contribution in [3.8, 4) is 0 Å². The van der Waals surface area contributed by atoms with Gasteiger partial charge in [-0.05, 0) is 44.0 Å². The second-order valence-corrected chi connectivity index (χ2v) is 5.30. The van der Waals surface area contributed by atoms with E-state index in [0.717, 1.165) is 25.9 Å². The monoisotopic (exact) mass is 297 g/mol. The normalized spacial score (nSPS) is 15.8. The first-order valence-electron chi connectivity index (χ1n) is 6.51. The molecule has 2 rings (SSSR count). The number of anilines is 1. The molecule has 6 nitrogen and oxygen atoms in total. The van der Waals surface area contributed by atoms with Crippen LogP contribution in [0.2, 0.25) is 5.02 Å². The van der Waals surface area contributed by atoms with E-state index >= 15 is 0 Å². The largest absolute Gasteiger partial charge is 0.320 e. The fourth-order valence-electron chi connectivity index (χ4n) is 2.32. The number of nitrogens with zero attached hydrogens (tertiary/aromatic N) is 1. The highest BCUT2D eigenvalue weighted by molar-refractivity contribution is 6.31. The summed E-state index contributed by atoms with van der Waals surface area (Å²) in [5.74, 6) is 0.122. The zero-order chi connectivity index (χ0) is 14.5. The van der Waals surface area contributed by atoms with Crippen molar-refractivity contribution in [3.63, 3.8) is 0 Å². The Morgan fingerprint density at radius 1 is 1.45 bits per heavy atom. The molecule has 1 fully saturated rings. The minimum absolute atomic E-state index is 0.145. The molecule has 108 valence electrons. The van der Waals surface area contributed by atoms with E-state index in [4.69, 9.17) is 11.6 Å². The number of benzene rings is 1. The number of hydrogen-bond acceptors (Lipinski definition) is 4. The predicted octanol–water partition coefficient (Wildman–Crippen LogP) is 2.58. The summed E-state index contributed by atoms with van der Waals surface area (Å²) in [6.07, 6.45) is 2.28. The Hall–Kier alpha value is -1.66. The van der Waals surface area contributed by atoms with E-state index in [0.29, 0.717) is 17.4 Å². The fourth-order valence-corrected chi connectivity index (χ4v) is 2.49. The Bertz CT molecular complexity index is 516. The molecule has 1 aliphatic heterocycles. The van der Waals surface area contributed by atoms with Crippen LogP contribution in [0.3, 0.4) is 0 Å². The molecule has 1 saturated heterocycles. The maximum absolute atomic E-state index is 12.0. The van der Waals surface area contributed by atoms with Crippen LogP contribution in [0.1, 0.15) is 19.3 Å². The van der Waals surface area contributed by atoms with Crippen molar-refractivity contribution in [1.29, 1.82) is 0 Å². The van der Waals surface area contributed by atoms with E-state index in [9.17, 15) is 14.9 Å². The van der Waals surface area contributed by atoms with Crippen LogP contribution in [0, 0.1) is 16.0 Å². The Kier molecular flexibility index (Phi) is 4.92. The summed E-state index contributed by atoms with van der Waals surface area (Å²) in [5, 5.41) is 17.1. The summed E-state index contributed by atoms with van der Waals surface area (Å²) in [5.41, 5.74) is 0.00879. The molecular formula is C13H16ClN3O3. The van der Waals surface area contributed by atoms with Gasteiger partial charge in [0, 0.05) is 17.5 Å². The number of rotatable bonds is 4. The molecule has 0 aliphatic carbocycles. The summed E-state index contributed by atoms with van der Waals surface area (Å²) in [6, 6.07) is 4.13. The molecule has 7 heteroatoms. The molecule has 0 saturated carbocycles. The average Bonchev–Trinajstić information content (AvgIpc) is 2.39. The highest BCUT2D eigenvalue weighted by Gasteiger charge is 2.20. The molecule has 0 aromatic heterocycles. The maximum atomic E-state index is 12.0. The lowest BCUT2D eigenvalue weighted by Gasteiger charge is -2.21. The van der Waals surface area contributed by atoms with Crippen molar-refractivity contribution in [2.24, 2.45) is 5.92 Å². The van der Waals surface area contributed by atoms with Gasteiger partial charge in [0.05, 0.1) is 4.92 Å². The van der Waals surface area contributed by atoms with E-state index in [-0.39, 0.29) is 17.3 Å². The van der Waals surface area contributed by atoms with Crippen LogP contribution in [0.15, 0.2) is 18.2 Å². The first kappa shape index (κ1) is 14.7. The van der Waals surface area contributed by atoms with Gasteiger partial charge in [0.2, 0.25) is 5.91 Å². The summed E-state index contributed by atoms with van der Waals surface area (Å²) < 4.78 is 0. The van der Waals surface area contributed by atoms with Gasteiger partial charge in [-0.1, -0.05) is 11.6 Å². The molecule has 0 spiro atoms. The Labute approximate surface area is 121 Å². The molecule has 0 unspecified atom stereocenters. The molecule has 1 aromatic rings. The van der Waals surface area contributed by atoms with Gasteiger partial charge in [0.1, 0.15) is 5.69 Å². The number of carbonyl (C=O) groups is 1. The van der Waals surface area contributed by atoms with Gasteiger partial charge in [-0.25, -0.2) is 0 Å². The third-order valence-corrected chi connectivity index (χ3v) is 3.60. The third kappa shape index (κ3) is 3.91. The second-order valence-electron chi connectivity index (χ2n) is 4.86. The quantitative estimate of drug-likeness (QED) is 0.661.